The molecule has 2 aromatic heterocycles. The SMILES string of the molecule is CC.CC(C)(C)O.CS(C)(C)CCOCn1cc(C2CCNCC2)c2nc(C3CCOC3)cnc21.O. The van der Waals surface area contributed by atoms with Crippen LogP contribution in [0.4, 0.5) is 0 Å². The summed E-state index contributed by atoms with van der Waals surface area (Å²) < 4.78 is 13.7. The van der Waals surface area contributed by atoms with Crippen LogP contribution in [0, 0.1) is 0 Å². The number of nitrogens with one attached hydrogen (secondary N) is 1. The highest BCUT2D eigenvalue weighted by Crippen LogP contribution is 2.34. The Hall–Kier alpha value is -1.23. The second kappa shape index (κ2) is 15.2. The summed E-state index contributed by atoms with van der Waals surface area (Å²) in [6, 6.07) is 0. The molecule has 2 saturated heterocycles. The average molecular weight is 529 g/mol. The Morgan fingerprint density at radius 2 is 1.78 bits per heavy atom. The maximum absolute atomic E-state index is 8.52. The predicted octanol–water partition coefficient (Wildman–Crippen LogP) is 4.05. The van der Waals surface area contributed by atoms with Gasteiger partial charge < -0.3 is 29.9 Å². The Morgan fingerprint density at radius 3 is 2.33 bits per heavy atom. The molecule has 0 saturated carbocycles. The predicted molar refractivity (Wildman–Crippen MR) is 154 cm³/mol. The van der Waals surface area contributed by atoms with Crippen LogP contribution in [-0.2, 0) is 16.2 Å². The van der Waals surface area contributed by atoms with Gasteiger partial charge in [-0.3, -0.25) is 0 Å². The summed E-state index contributed by atoms with van der Waals surface area (Å²) in [5, 5.41) is 12.0. The molecule has 4 N–H and O–H groups in total. The second-order valence-corrected chi connectivity index (χ2v) is 15.7. The first-order chi connectivity index (χ1) is 16.5. The summed E-state index contributed by atoms with van der Waals surface area (Å²) in [6.07, 6.45) is 14.5. The first-order valence-corrected chi connectivity index (χ1v) is 16.1. The number of rotatable bonds is 7. The smallest absolute Gasteiger partial charge is 0.160 e. The topological polar surface area (TPSA) is 113 Å². The van der Waals surface area contributed by atoms with Gasteiger partial charge in [0.05, 0.1) is 30.7 Å². The Bertz CT molecular complexity index is 874. The Morgan fingerprint density at radius 1 is 1.14 bits per heavy atom. The van der Waals surface area contributed by atoms with Crippen LogP contribution in [-0.4, -0.2) is 88.1 Å². The van der Waals surface area contributed by atoms with E-state index < -0.39 is 15.6 Å². The molecule has 9 heteroatoms. The molecule has 1 atom stereocenters. The molecule has 0 radical (unpaired) electrons. The molecule has 36 heavy (non-hydrogen) atoms. The molecule has 2 aliphatic heterocycles. The molecule has 4 rings (SSSR count). The lowest BCUT2D eigenvalue weighted by Gasteiger charge is -2.24. The minimum absolute atomic E-state index is 0. The lowest BCUT2D eigenvalue weighted by Crippen LogP contribution is -2.26. The number of nitrogens with zero attached hydrogens (tertiary/aromatic N) is 3. The van der Waals surface area contributed by atoms with Crippen LogP contribution < -0.4 is 5.32 Å². The summed E-state index contributed by atoms with van der Waals surface area (Å²) in [7, 11) is -0.529. The van der Waals surface area contributed by atoms with Gasteiger partial charge in [-0.05, 0) is 77.8 Å². The molecule has 4 heterocycles. The number of aliphatic hydroxyl groups is 1. The van der Waals surface area contributed by atoms with Crippen molar-refractivity contribution in [1.82, 2.24) is 19.9 Å². The molecule has 210 valence electrons. The molecular weight excluding hydrogens is 476 g/mol. The van der Waals surface area contributed by atoms with Crippen LogP contribution in [0.3, 0.4) is 0 Å². The van der Waals surface area contributed by atoms with Crippen molar-refractivity contribution >= 4 is 21.2 Å². The van der Waals surface area contributed by atoms with Crippen LogP contribution in [0.2, 0.25) is 0 Å². The van der Waals surface area contributed by atoms with Crippen LogP contribution in [0.25, 0.3) is 11.2 Å². The molecule has 0 amide bonds. The zero-order valence-corrected chi connectivity index (χ0v) is 24.7. The van der Waals surface area contributed by atoms with Crippen molar-refractivity contribution in [3.8, 4) is 0 Å². The summed E-state index contributed by atoms with van der Waals surface area (Å²) in [6.45, 7) is 14.3. The van der Waals surface area contributed by atoms with E-state index in [9.17, 15) is 0 Å². The maximum atomic E-state index is 8.52. The van der Waals surface area contributed by atoms with Gasteiger partial charge in [0.25, 0.3) is 0 Å². The van der Waals surface area contributed by atoms with Crippen LogP contribution in [0.15, 0.2) is 12.4 Å². The molecule has 2 aliphatic rings. The summed E-state index contributed by atoms with van der Waals surface area (Å²) in [4.78, 5) is 9.91. The average Bonchev–Trinajstić information content (AvgIpc) is 3.45. The highest BCUT2D eigenvalue weighted by molar-refractivity contribution is 8.32. The highest BCUT2D eigenvalue weighted by Gasteiger charge is 2.25. The van der Waals surface area contributed by atoms with Gasteiger partial charge >= 0.3 is 0 Å². The van der Waals surface area contributed by atoms with Gasteiger partial charge in [0.1, 0.15) is 12.2 Å². The summed E-state index contributed by atoms with van der Waals surface area (Å²) >= 11 is 0. The lowest BCUT2D eigenvalue weighted by molar-refractivity contribution is 0.0922. The van der Waals surface area contributed by atoms with Gasteiger partial charge in [0.15, 0.2) is 5.65 Å². The van der Waals surface area contributed by atoms with Crippen molar-refractivity contribution in [1.29, 1.82) is 0 Å². The van der Waals surface area contributed by atoms with Crippen LogP contribution in [0.5, 0.6) is 0 Å². The first kappa shape index (κ1) is 32.8. The minimum atomic E-state index is -0.529. The van der Waals surface area contributed by atoms with Crippen molar-refractivity contribution in [3.05, 3.63) is 23.7 Å². The molecule has 2 aromatic rings. The van der Waals surface area contributed by atoms with Gasteiger partial charge in [-0.1, -0.05) is 13.8 Å². The van der Waals surface area contributed by atoms with Crippen molar-refractivity contribution < 1.29 is 20.1 Å². The van der Waals surface area contributed by atoms with E-state index in [2.05, 4.69) is 34.8 Å². The van der Waals surface area contributed by atoms with E-state index in [1.807, 2.05) is 20.0 Å². The van der Waals surface area contributed by atoms with E-state index >= 15 is 0 Å². The van der Waals surface area contributed by atoms with Crippen molar-refractivity contribution in [2.45, 2.75) is 78.0 Å². The zero-order chi connectivity index (χ0) is 26.1. The molecule has 0 bridgehead atoms. The largest absolute Gasteiger partial charge is 0.412 e. The van der Waals surface area contributed by atoms with Crippen molar-refractivity contribution in [3.63, 3.8) is 0 Å². The van der Waals surface area contributed by atoms with Gasteiger partial charge in [0.2, 0.25) is 0 Å². The van der Waals surface area contributed by atoms with E-state index in [0.717, 1.165) is 74.8 Å². The molecule has 0 aliphatic carbocycles. The molecule has 1 unspecified atom stereocenters. The monoisotopic (exact) mass is 528 g/mol. The van der Waals surface area contributed by atoms with Gasteiger partial charge in [-0.25, -0.2) is 20.0 Å². The fourth-order valence-corrected chi connectivity index (χ4v) is 4.67. The minimum Gasteiger partial charge on any atom is -0.412 e. The number of hydrogen-bond acceptors (Lipinski definition) is 6. The fraction of sp³-hybridized carbons (Fsp3) is 0.778. The first-order valence-electron chi connectivity index (χ1n) is 13.1. The van der Waals surface area contributed by atoms with Gasteiger partial charge in [-0.15, -0.1) is 0 Å². The Kier molecular flexibility index (Phi) is 13.9. The number of aromatic nitrogens is 3. The summed E-state index contributed by atoms with van der Waals surface area (Å²) in [5.74, 6) is 2.06. The van der Waals surface area contributed by atoms with Gasteiger partial charge in [0, 0.05) is 30.0 Å². The van der Waals surface area contributed by atoms with E-state index in [1.54, 1.807) is 20.8 Å². The number of piperidine rings is 1. The van der Waals surface area contributed by atoms with Crippen LogP contribution >= 0.6 is 10.0 Å². The zero-order valence-electron chi connectivity index (χ0n) is 23.9. The molecule has 0 aromatic carbocycles. The molecule has 2 fully saturated rings. The number of hydrogen-bond donors (Lipinski definition) is 2. The quantitative estimate of drug-likeness (QED) is 0.524. The fourth-order valence-electron chi connectivity index (χ4n) is 4.06. The van der Waals surface area contributed by atoms with E-state index in [-0.39, 0.29) is 5.48 Å². The van der Waals surface area contributed by atoms with E-state index in [1.165, 1.54) is 5.56 Å². The molecule has 0 spiro atoms. The lowest BCUT2D eigenvalue weighted by atomic mass is 9.91. The molecule has 8 nitrogen and oxygen atoms in total. The standard InChI is InChI=1S/C21H34N4O2S.C4H10O.C2H6.H2O/c1-28(2,3)11-10-27-15-25-13-18(16-4-7-22-8-5-16)20-21(25)23-12-19(24-20)17-6-9-26-14-17;1-4(2,3)5;1-2;/h12-13,16-17,22H,4-11,14-15H2,1-3H3;5H,1-3H3;1-2H3;1H2. The second-order valence-electron chi connectivity index (χ2n) is 11.1. The van der Waals surface area contributed by atoms with Gasteiger partial charge in [-0.2, -0.15) is 0 Å². The maximum Gasteiger partial charge on any atom is 0.160 e. The van der Waals surface area contributed by atoms with E-state index in [0.29, 0.717) is 18.6 Å². The summed E-state index contributed by atoms with van der Waals surface area (Å²) in [5.41, 5.74) is 3.95. The van der Waals surface area contributed by atoms with E-state index in [4.69, 9.17) is 24.5 Å². The number of fused-ring (bicyclic) bond motifs is 1. The Labute approximate surface area is 220 Å². The van der Waals surface area contributed by atoms with Crippen molar-refractivity contribution in [2.75, 3.05) is 57.4 Å². The third-order valence-electron chi connectivity index (χ3n) is 5.81. The third kappa shape index (κ3) is 11.0. The number of ether oxygens (including phenoxy) is 2. The van der Waals surface area contributed by atoms with Crippen LogP contribution in [0.1, 0.15) is 77.0 Å². The third-order valence-corrected chi connectivity index (χ3v) is 7.20. The highest BCUT2D eigenvalue weighted by atomic mass is 32.3. The van der Waals surface area contributed by atoms with Crippen molar-refractivity contribution in [2.24, 2.45) is 0 Å². The Balaban J connectivity index is 0.000000726. The normalized spacial score (nSPS) is 19.1. The molecular formula is C27H52N4O4S.